The molecule has 104 valence electrons. The van der Waals surface area contributed by atoms with E-state index in [9.17, 15) is 4.79 Å². The minimum Gasteiger partial charge on any atom is -0.346 e. The normalized spacial score (nSPS) is 27.8. The van der Waals surface area contributed by atoms with Gasteiger partial charge in [-0.25, -0.2) is 0 Å². The Morgan fingerprint density at radius 3 is 2.89 bits per heavy atom. The largest absolute Gasteiger partial charge is 0.346 e. The van der Waals surface area contributed by atoms with E-state index in [0.717, 1.165) is 44.0 Å². The number of hydrogen-bond donors (Lipinski definition) is 0. The summed E-state index contributed by atoms with van der Waals surface area (Å²) in [5.41, 5.74) is 1.58. The highest BCUT2D eigenvalue weighted by atomic mass is 32.1. The molecule has 6 heteroatoms. The van der Waals surface area contributed by atoms with Crippen molar-refractivity contribution in [3.63, 3.8) is 0 Å². The lowest BCUT2D eigenvalue weighted by Gasteiger charge is -2.41. The van der Waals surface area contributed by atoms with Crippen molar-refractivity contribution in [3.8, 4) is 0 Å². The summed E-state index contributed by atoms with van der Waals surface area (Å²) in [5, 5.41) is 8.97. The van der Waals surface area contributed by atoms with Gasteiger partial charge in [-0.2, -0.15) is 0 Å². The average Bonchev–Trinajstić information content (AvgIpc) is 3.02. The molecule has 5 nitrogen and oxygen atoms in total. The molecule has 0 aromatic carbocycles. The second-order valence-corrected chi connectivity index (χ2v) is 6.68. The highest BCUT2D eigenvalue weighted by Crippen LogP contribution is 2.42. The smallest absolute Gasteiger partial charge is 0.230 e. The van der Waals surface area contributed by atoms with E-state index in [-0.39, 0.29) is 5.41 Å². The third-order valence-electron chi connectivity index (χ3n) is 4.37. The molecule has 2 saturated heterocycles. The summed E-state index contributed by atoms with van der Waals surface area (Å²) < 4.78 is 0. The molecule has 0 saturated carbocycles. The van der Waals surface area contributed by atoms with Crippen LogP contribution in [-0.4, -0.2) is 46.7 Å². The van der Waals surface area contributed by atoms with Crippen molar-refractivity contribution in [1.82, 2.24) is 15.1 Å². The van der Waals surface area contributed by atoms with Crippen LogP contribution >= 0.6 is 11.3 Å². The maximum Gasteiger partial charge on any atom is 0.230 e. The Balaban J connectivity index is 1.79. The zero-order valence-electron chi connectivity index (χ0n) is 11.5. The SMILES string of the molecule is CC(C)N1CCCC2(CCN(c3nncs3)C2)C1=O. The second kappa shape index (κ2) is 4.74. The van der Waals surface area contributed by atoms with Crippen molar-refractivity contribution in [2.24, 2.45) is 5.41 Å². The van der Waals surface area contributed by atoms with E-state index in [2.05, 4.69) is 28.9 Å². The predicted molar refractivity (Wildman–Crippen MR) is 75.3 cm³/mol. The Hall–Kier alpha value is -1.17. The predicted octanol–water partition coefficient (Wildman–Crippen LogP) is 1.77. The highest BCUT2D eigenvalue weighted by molar-refractivity contribution is 7.13. The van der Waals surface area contributed by atoms with E-state index in [1.54, 1.807) is 16.8 Å². The van der Waals surface area contributed by atoms with Crippen molar-refractivity contribution in [1.29, 1.82) is 0 Å². The Bertz CT molecular complexity index is 461. The first-order chi connectivity index (χ1) is 9.12. The van der Waals surface area contributed by atoms with Crippen molar-refractivity contribution >= 4 is 22.4 Å². The molecule has 1 atom stereocenters. The summed E-state index contributed by atoms with van der Waals surface area (Å²) in [5.74, 6) is 0.348. The topological polar surface area (TPSA) is 49.3 Å². The van der Waals surface area contributed by atoms with Crippen LogP contribution in [0.25, 0.3) is 0 Å². The minimum absolute atomic E-state index is 0.172. The van der Waals surface area contributed by atoms with Crippen LogP contribution in [0.15, 0.2) is 5.51 Å². The zero-order valence-corrected chi connectivity index (χ0v) is 12.3. The molecule has 0 bridgehead atoms. The number of nitrogens with zero attached hydrogens (tertiary/aromatic N) is 4. The van der Waals surface area contributed by atoms with E-state index in [1.165, 1.54) is 0 Å². The van der Waals surface area contributed by atoms with E-state index in [4.69, 9.17) is 0 Å². The molecule has 0 aliphatic carbocycles. The molecule has 1 spiro atoms. The summed E-state index contributed by atoms with van der Waals surface area (Å²) in [7, 11) is 0. The third-order valence-corrected chi connectivity index (χ3v) is 5.12. The molecule has 19 heavy (non-hydrogen) atoms. The number of piperidine rings is 1. The zero-order chi connectivity index (χ0) is 13.5. The van der Waals surface area contributed by atoms with Gasteiger partial charge in [0.05, 0.1) is 5.41 Å². The van der Waals surface area contributed by atoms with Gasteiger partial charge >= 0.3 is 0 Å². The summed E-state index contributed by atoms with van der Waals surface area (Å²) in [6.07, 6.45) is 3.09. The van der Waals surface area contributed by atoms with Gasteiger partial charge < -0.3 is 9.80 Å². The van der Waals surface area contributed by atoms with Crippen molar-refractivity contribution in [2.45, 2.75) is 39.2 Å². The first kappa shape index (κ1) is 12.8. The standard InChI is InChI=1S/C13H20N4OS/c1-10(2)17-6-3-4-13(11(17)18)5-7-16(8-13)12-15-14-9-19-12/h9-10H,3-8H2,1-2H3. The molecule has 3 heterocycles. The van der Waals surface area contributed by atoms with Crippen LogP contribution in [0, 0.1) is 5.41 Å². The van der Waals surface area contributed by atoms with Crippen molar-refractivity contribution in [3.05, 3.63) is 5.51 Å². The fraction of sp³-hybridized carbons (Fsp3) is 0.769. The molecule has 1 unspecified atom stereocenters. The third kappa shape index (κ3) is 2.12. The second-order valence-electron chi connectivity index (χ2n) is 5.87. The van der Waals surface area contributed by atoms with E-state index in [0.29, 0.717) is 11.9 Å². The maximum absolute atomic E-state index is 12.8. The van der Waals surface area contributed by atoms with Gasteiger partial charge in [-0.05, 0) is 33.1 Å². The Morgan fingerprint density at radius 2 is 2.21 bits per heavy atom. The minimum atomic E-state index is -0.172. The number of aromatic nitrogens is 2. The maximum atomic E-state index is 12.8. The molecule has 2 aliphatic rings. The molecule has 2 aliphatic heterocycles. The summed E-state index contributed by atoms with van der Waals surface area (Å²) in [6.45, 7) is 6.86. The van der Waals surface area contributed by atoms with Gasteiger partial charge in [0.15, 0.2) is 0 Å². The summed E-state index contributed by atoms with van der Waals surface area (Å²) in [6, 6.07) is 0.306. The Labute approximate surface area is 117 Å². The van der Waals surface area contributed by atoms with Crippen LogP contribution in [0.4, 0.5) is 5.13 Å². The van der Waals surface area contributed by atoms with Gasteiger partial charge in [0.1, 0.15) is 5.51 Å². The monoisotopic (exact) mass is 280 g/mol. The lowest BCUT2D eigenvalue weighted by Crippen LogP contribution is -2.52. The van der Waals surface area contributed by atoms with Gasteiger partial charge in [0.25, 0.3) is 0 Å². The van der Waals surface area contributed by atoms with Gasteiger partial charge in [-0.1, -0.05) is 11.3 Å². The molecular weight excluding hydrogens is 260 g/mol. The molecule has 0 N–H and O–H groups in total. The van der Waals surface area contributed by atoms with E-state index >= 15 is 0 Å². The number of amides is 1. The van der Waals surface area contributed by atoms with Gasteiger partial charge in [-0.3, -0.25) is 4.79 Å². The number of carbonyl (C=O) groups excluding carboxylic acids is 1. The number of carbonyl (C=O) groups is 1. The highest BCUT2D eigenvalue weighted by Gasteiger charge is 2.49. The fourth-order valence-corrected chi connectivity index (χ4v) is 3.90. The summed E-state index contributed by atoms with van der Waals surface area (Å²) in [4.78, 5) is 17.0. The van der Waals surface area contributed by atoms with E-state index < -0.39 is 0 Å². The Kier molecular flexibility index (Phi) is 3.20. The molecule has 3 rings (SSSR count). The first-order valence-electron chi connectivity index (χ1n) is 6.95. The van der Waals surface area contributed by atoms with Crippen LogP contribution in [-0.2, 0) is 4.79 Å². The Morgan fingerprint density at radius 1 is 1.37 bits per heavy atom. The van der Waals surface area contributed by atoms with Crippen LogP contribution < -0.4 is 4.90 Å². The first-order valence-corrected chi connectivity index (χ1v) is 7.82. The van der Waals surface area contributed by atoms with Crippen LogP contribution in [0.5, 0.6) is 0 Å². The van der Waals surface area contributed by atoms with Crippen LogP contribution in [0.1, 0.15) is 33.1 Å². The van der Waals surface area contributed by atoms with E-state index in [1.807, 2.05) is 4.90 Å². The number of anilines is 1. The van der Waals surface area contributed by atoms with Crippen LogP contribution in [0.3, 0.4) is 0 Å². The van der Waals surface area contributed by atoms with Gasteiger partial charge in [0, 0.05) is 25.7 Å². The number of hydrogen-bond acceptors (Lipinski definition) is 5. The average molecular weight is 280 g/mol. The lowest BCUT2D eigenvalue weighted by atomic mass is 9.78. The molecule has 2 fully saturated rings. The fourth-order valence-electron chi connectivity index (χ4n) is 3.31. The molecule has 1 aromatic rings. The van der Waals surface area contributed by atoms with Crippen molar-refractivity contribution < 1.29 is 4.79 Å². The molecular formula is C13H20N4OS. The lowest BCUT2D eigenvalue weighted by molar-refractivity contribution is -0.147. The number of rotatable bonds is 2. The molecule has 0 radical (unpaired) electrons. The molecule has 1 amide bonds. The van der Waals surface area contributed by atoms with Crippen LogP contribution in [0.2, 0.25) is 0 Å². The van der Waals surface area contributed by atoms with Crippen molar-refractivity contribution in [2.75, 3.05) is 24.5 Å². The summed E-state index contributed by atoms with van der Waals surface area (Å²) >= 11 is 1.55. The quantitative estimate of drug-likeness (QED) is 0.828. The molecule has 1 aromatic heterocycles. The van der Waals surface area contributed by atoms with Gasteiger partial charge in [-0.15, -0.1) is 10.2 Å². The van der Waals surface area contributed by atoms with Gasteiger partial charge in [0.2, 0.25) is 11.0 Å². The number of likely N-dealkylation sites (tertiary alicyclic amines) is 1.